The lowest BCUT2D eigenvalue weighted by atomic mass is 10.0. The van der Waals surface area contributed by atoms with Crippen molar-refractivity contribution in [2.45, 2.75) is 12.8 Å². The fourth-order valence-corrected chi connectivity index (χ4v) is 2.33. The Labute approximate surface area is 115 Å². The van der Waals surface area contributed by atoms with E-state index in [2.05, 4.69) is 38.1 Å². The number of halogens is 1. The van der Waals surface area contributed by atoms with Crippen molar-refractivity contribution in [3.05, 3.63) is 57.7 Å². The standard InChI is InChI=1S/C14H14BrNO2/c1-18-14(17)16-13-6-5-11(9-13)7-10-3-2-4-12(15)8-10/h2-6,8H,7,9H2,1H3,(H,16,17). The molecule has 0 bridgehead atoms. The third-order valence-corrected chi connectivity index (χ3v) is 3.20. The lowest BCUT2D eigenvalue weighted by Gasteiger charge is -2.07. The molecular formula is C14H14BrNO2. The molecule has 0 saturated heterocycles. The van der Waals surface area contributed by atoms with E-state index < -0.39 is 6.09 Å². The summed E-state index contributed by atoms with van der Waals surface area (Å²) in [6.07, 6.45) is 5.21. The van der Waals surface area contributed by atoms with Crippen LogP contribution in [-0.4, -0.2) is 13.2 Å². The molecule has 0 fully saturated rings. The first kappa shape index (κ1) is 12.9. The molecule has 0 unspecified atom stereocenters. The number of methoxy groups -OCH3 is 1. The fraction of sp³-hybridized carbons (Fsp3) is 0.214. The molecule has 1 amide bonds. The van der Waals surface area contributed by atoms with Crippen LogP contribution in [0.25, 0.3) is 0 Å². The largest absolute Gasteiger partial charge is 0.453 e. The monoisotopic (exact) mass is 307 g/mol. The minimum absolute atomic E-state index is 0.418. The number of carbonyl (C=O) groups excluding carboxylic acids is 1. The van der Waals surface area contributed by atoms with Gasteiger partial charge in [-0.2, -0.15) is 0 Å². The molecule has 0 radical (unpaired) electrons. The average molecular weight is 308 g/mol. The second-order valence-electron chi connectivity index (χ2n) is 4.12. The van der Waals surface area contributed by atoms with Crippen LogP contribution in [0.15, 0.2) is 52.2 Å². The second kappa shape index (κ2) is 5.87. The fourth-order valence-electron chi connectivity index (χ4n) is 1.88. The Morgan fingerprint density at radius 1 is 1.44 bits per heavy atom. The summed E-state index contributed by atoms with van der Waals surface area (Å²) in [5, 5.41) is 2.69. The van der Waals surface area contributed by atoms with Crippen molar-refractivity contribution in [3.8, 4) is 0 Å². The third-order valence-electron chi connectivity index (χ3n) is 2.71. The highest BCUT2D eigenvalue weighted by atomic mass is 79.9. The highest BCUT2D eigenvalue weighted by molar-refractivity contribution is 9.10. The third kappa shape index (κ3) is 3.47. The maximum atomic E-state index is 11.1. The molecule has 0 spiro atoms. The van der Waals surface area contributed by atoms with Crippen molar-refractivity contribution in [1.29, 1.82) is 0 Å². The van der Waals surface area contributed by atoms with Gasteiger partial charge >= 0.3 is 6.09 Å². The number of amides is 1. The number of benzene rings is 1. The van der Waals surface area contributed by atoms with Crippen LogP contribution in [0.2, 0.25) is 0 Å². The highest BCUT2D eigenvalue weighted by Crippen LogP contribution is 2.22. The van der Waals surface area contributed by atoms with Gasteiger partial charge in [-0.1, -0.05) is 39.7 Å². The van der Waals surface area contributed by atoms with E-state index in [0.29, 0.717) is 0 Å². The molecule has 1 aromatic rings. The molecule has 94 valence electrons. The number of allylic oxidation sites excluding steroid dienone is 3. The van der Waals surface area contributed by atoms with E-state index in [9.17, 15) is 4.79 Å². The zero-order valence-corrected chi connectivity index (χ0v) is 11.7. The van der Waals surface area contributed by atoms with Gasteiger partial charge in [0, 0.05) is 16.6 Å². The zero-order chi connectivity index (χ0) is 13.0. The molecule has 1 N–H and O–H groups in total. The maximum absolute atomic E-state index is 11.1. The second-order valence-corrected chi connectivity index (χ2v) is 5.03. The summed E-state index contributed by atoms with van der Waals surface area (Å²) in [4.78, 5) is 11.1. The summed E-state index contributed by atoms with van der Waals surface area (Å²) in [6, 6.07) is 8.23. The maximum Gasteiger partial charge on any atom is 0.411 e. The van der Waals surface area contributed by atoms with Crippen LogP contribution in [0, 0.1) is 0 Å². The molecule has 0 aromatic heterocycles. The minimum Gasteiger partial charge on any atom is -0.453 e. The van der Waals surface area contributed by atoms with Crippen molar-refractivity contribution < 1.29 is 9.53 Å². The predicted molar refractivity (Wildman–Crippen MR) is 74.2 cm³/mol. The van der Waals surface area contributed by atoms with E-state index in [1.165, 1.54) is 18.2 Å². The summed E-state index contributed by atoms with van der Waals surface area (Å²) in [7, 11) is 1.36. The normalized spacial score (nSPS) is 13.9. The van der Waals surface area contributed by atoms with Gasteiger partial charge in [-0.05, 0) is 30.2 Å². The first-order chi connectivity index (χ1) is 8.67. The molecule has 3 nitrogen and oxygen atoms in total. The Hall–Kier alpha value is -1.55. The first-order valence-electron chi connectivity index (χ1n) is 5.65. The van der Waals surface area contributed by atoms with E-state index in [1.54, 1.807) is 0 Å². The van der Waals surface area contributed by atoms with Gasteiger partial charge in [-0.3, -0.25) is 5.32 Å². The molecule has 1 aliphatic rings. The molecular weight excluding hydrogens is 294 g/mol. The number of alkyl carbamates (subject to hydrolysis) is 1. The van der Waals surface area contributed by atoms with Gasteiger partial charge < -0.3 is 4.74 Å². The minimum atomic E-state index is -0.418. The van der Waals surface area contributed by atoms with Gasteiger partial charge in [0.1, 0.15) is 0 Å². The lowest BCUT2D eigenvalue weighted by molar-refractivity contribution is 0.174. The summed E-state index contributed by atoms with van der Waals surface area (Å²) in [5.74, 6) is 0. The first-order valence-corrected chi connectivity index (χ1v) is 6.44. The molecule has 0 atom stereocenters. The smallest absolute Gasteiger partial charge is 0.411 e. The molecule has 1 aromatic carbocycles. The van der Waals surface area contributed by atoms with Crippen LogP contribution in [0.3, 0.4) is 0 Å². The van der Waals surface area contributed by atoms with Gasteiger partial charge in [0.15, 0.2) is 0 Å². The summed E-state index contributed by atoms with van der Waals surface area (Å²) in [5.41, 5.74) is 3.41. The Kier molecular flexibility index (Phi) is 4.20. The topological polar surface area (TPSA) is 38.3 Å². The lowest BCUT2D eigenvalue weighted by Crippen LogP contribution is -2.21. The van der Waals surface area contributed by atoms with Gasteiger partial charge in [-0.25, -0.2) is 4.79 Å². The molecule has 0 heterocycles. The Balaban J connectivity index is 1.90. The van der Waals surface area contributed by atoms with E-state index in [1.807, 2.05) is 24.3 Å². The van der Waals surface area contributed by atoms with E-state index in [0.717, 1.165) is 23.0 Å². The summed E-state index contributed by atoms with van der Waals surface area (Å²) < 4.78 is 5.64. The van der Waals surface area contributed by atoms with Crippen molar-refractivity contribution in [2.75, 3.05) is 7.11 Å². The Bertz CT molecular complexity index is 520. The molecule has 0 aliphatic heterocycles. The average Bonchev–Trinajstić information content (AvgIpc) is 2.76. The Morgan fingerprint density at radius 3 is 3.00 bits per heavy atom. The van der Waals surface area contributed by atoms with Crippen LogP contribution in [0.1, 0.15) is 12.0 Å². The van der Waals surface area contributed by atoms with E-state index in [-0.39, 0.29) is 0 Å². The van der Waals surface area contributed by atoms with Gasteiger partial charge in [0.05, 0.1) is 7.11 Å². The van der Waals surface area contributed by atoms with Crippen LogP contribution >= 0.6 is 15.9 Å². The number of carbonyl (C=O) groups is 1. The highest BCUT2D eigenvalue weighted by Gasteiger charge is 2.11. The van der Waals surface area contributed by atoms with Crippen LogP contribution in [0.4, 0.5) is 4.79 Å². The molecule has 18 heavy (non-hydrogen) atoms. The Morgan fingerprint density at radius 2 is 2.28 bits per heavy atom. The van der Waals surface area contributed by atoms with Crippen molar-refractivity contribution in [2.24, 2.45) is 0 Å². The van der Waals surface area contributed by atoms with Crippen molar-refractivity contribution >= 4 is 22.0 Å². The SMILES string of the molecule is COC(=O)NC1=CC=C(Cc2cccc(Br)c2)C1. The molecule has 2 rings (SSSR count). The van der Waals surface area contributed by atoms with Crippen molar-refractivity contribution in [3.63, 3.8) is 0 Å². The molecule has 4 heteroatoms. The number of hydrogen-bond donors (Lipinski definition) is 1. The van der Waals surface area contributed by atoms with Crippen molar-refractivity contribution in [1.82, 2.24) is 5.32 Å². The molecule has 0 saturated carbocycles. The van der Waals surface area contributed by atoms with E-state index in [4.69, 9.17) is 0 Å². The van der Waals surface area contributed by atoms with Gasteiger partial charge in [-0.15, -0.1) is 0 Å². The zero-order valence-electron chi connectivity index (χ0n) is 10.1. The van der Waals surface area contributed by atoms with Crippen LogP contribution in [0.5, 0.6) is 0 Å². The van der Waals surface area contributed by atoms with Crippen LogP contribution in [-0.2, 0) is 11.2 Å². The number of hydrogen-bond acceptors (Lipinski definition) is 2. The molecule has 1 aliphatic carbocycles. The number of ether oxygens (including phenoxy) is 1. The number of nitrogens with one attached hydrogen (secondary N) is 1. The number of rotatable bonds is 3. The van der Waals surface area contributed by atoms with E-state index >= 15 is 0 Å². The summed E-state index contributed by atoms with van der Waals surface area (Å²) >= 11 is 3.46. The quantitative estimate of drug-likeness (QED) is 0.927. The van der Waals surface area contributed by atoms with Crippen LogP contribution < -0.4 is 5.32 Å². The van der Waals surface area contributed by atoms with Gasteiger partial charge in [0.25, 0.3) is 0 Å². The van der Waals surface area contributed by atoms with Gasteiger partial charge in [0.2, 0.25) is 0 Å². The summed E-state index contributed by atoms with van der Waals surface area (Å²) in [6.45, 7) is 0. The predicted octanol–water partition coefficient (Wildman–Crippen LogP) is 3.56.